The molecule has 1 aromatic carbocycles. The Labute approximate surface area is 159 Å². The summed E-state index contributed by atoms with van der Waals surface area (Å²) in [5.41, 5.74) is 0.844. The second-order valence-electron chi connectivity index (χ2n) is 5.74. The number of hydrogen-bond acceptors (Lipinski definition) is 6. The molecule has 2 aromatic heterocycles. The van der Waals surface area contributed by atoms with Crippen LogP contribution in [-0.2, 0) is 11.3 Å². The van der Waals surface area contributed by atoms with Crippen molar-refractivity contribution in [3.63, 3.8) is 0 Å². The van der Waals surface area contributed by atoms with Gasteiger partial charge in [0.05, 0.1) is 17.7 Å². The minimum atomic E-state index is -0.222. The first-order valence-electron chi connectivity index (χ1n) is 8.21. The quantitative estimate of drug-likeness (QED) is 0.521. The Morgan fingerprint density at radius 3 is 2.85 bits per heavy atom. The minimum Gasteiger partial charge on any atom is -0.461 e. The molecule has 0 radical (unpaired) electrons. The lowest BCUT2D eigenvalue weighted by Gasteiger charge is -2.00. The third-order valence-electron chi connectivity index (χ3n) is 3.89. The molecule has 0 unspecified atom stereocenters. The Morgan fingerprint density at radius 1 is 1.11 bits per heavy atom. The fraction of sp³-hybridized carbons (Fsp3) is 0.100. The zero-order chi connectivity index (χ0) is 18.6. The Morgan fingerprint density at radius 2 is 2.00 bits per heavy atom. The van der Waals surface area contributed by atoms with Crippen LogP contribution < -0.4 is 14.8 Å². The number of ether oxygens (including phenoxy) is 2. The number of hydrogen-bond donors (Lipinski definition) is 1. The van der Waals surface area contributed by atoms with E-state index in [0.717, 1.165) is 10.4 Å². The molecule has 0 saturated heterocycles. The van der Waals surface area contributed by atoms with Gasteiger partial charge in [-0.15, -0.1) is 11.3 Å². The fourth-order valence-corrected chi connectivity index (χ4v) is 3.44. The van der Waals surface area contributed by atoms with Crippen LogP contribution in [0.25, 0.3) is 6.08 Å². The van der Waals surface area contributed by atoms with E-state index in [1.54, 1.807) is 24.3 Å². The van der Waals surface area contributed by atoms with E-state index in [1.165, 1.54) is 23.7 Å². The van der Waals surface area contributed by atoms with Crippen molar-refractivity contribution in [3.05, 3.63) is 75.9 Å². The predicted octanol–water partition coefficient (Wildman–Crippen LogP) is 3.63. The predicted molar refractivity (Wildman–Crippen MR) is 99.9 cm³/mol. The first-order valence-corrected chi connectivity index (χ1v) is 9.03. The molecule has 0 bridgehead atoms. The number of fused-ring (bicyclic) bond motifs is 1. The van der Waals surface area contributed by atoms with E-state index in [2.05, 4.69) is 5.32 Å². The average molecular weight is 381 g/mol. The SMILES string of the molecule is O=C(/C=C/c1ccc2c(c1)OCO2)NCc1ccc(C(=O)c2ccco2)s1. The van der Waals surface area contributed by atoms with Crippen molar-refractivity contribution in [3.8, 4) is 11.5 Å². The van der Waals surface area contributed by atoms with Gasteiger partial charge in [-0.25, -0.2) is 0 Å². The van der Waals surface area contributed by atoms with Crippen molar-refractivity contribution < 1.29 is 23.5 Å². The normalized spacial score (nSPS) is 12.4. The van der Waals surface area contributed by atoms with Crippen LogP contribution in [0.1, 0.15) is 25.9 Å². The van der Waals surface area contributed by atoms with Gasteiger partial charge in [0.25, 0.3) is 0 Å². The maximum atomic E-state index is 12.2. The van der Waals surface area contributed by atoms with Gasteiger partial charge < -0.3 is 19.2 Å². The standard InChI is InChI=1S/C20H15NO5S/c22-19(8-4-13-3-6-15-17(10-13)26-12-25-15)21-11-14-5-7-18(27-14)20(23)16-2-1-9-24-16/h1-10H,11-12H2,(H,21,22)/b8-4+. The Hall–Kier alpha value is -3.32. The maximum Gasteiger partial charge on any atom is 0.244 e. The van der Waals surface area contributed by atoms with E-state index in [1.807, 2.05) is 24.3 Å². The van der Waals surface area contributed by atoms with Crippen LogP contribution in [-0.4, -0.2) is 18.5 Å². The average Bonchev–Trinajstić information content (AvgIpc) is 3.45. The molecule has 1 amide bonds. The minimum absolute atomic E-state index is 0.162. The number of rotatable bonds is 6. The third-order valence-corrected chi connectivity index (χ3v) is 4.98. The molecular formula is C20H15NO5S. The molecule has 1 aliphatic rings. The summed E-state index contributed by atoms with van der Waals surface area (Å²) < 4.78 is 15.7. The molecule has 7 heteroatoms. The van der Waals surface area contributed by atoms with Crippen LogP contribution in [0.3, 0.4) is 0 Å². The molecule has 0 spiro atoms. The first-order chi connectivity index (χ1) is 13.2. The molecular weight excluding hydrogens is 366 g/mol. The highest BCUT2D eigenvalue weighted by Crippen LogP contribution is 2.32. The van der Waals surface area contributed by atoms with Gasteiger partial charge in [-0.2, -0.15) is 0 Å². The summed E-state index contributed by atoms with van der Waals surface area (Å²) in [4.78, 5) is 25.7. The van der Waals surface area contributed by atoms with Gasteiger partial charge in [-0.05, 0) is 48.0 Å². The molecule has 4 rings (SSSR count). The van der Waals surface area contributed by atoms with E-state index < -0.39 is 0 Å². The van der Waals surface area contributed by atoms with Crippen molar-refractivity contribution >= 4 is 29.1 Å². The van der Waals surface area contributed by atoms with Gasteiger partial charge in [-0.1, -0.05) is 6.07 Å². The van der Waals surface area contributed by atoms with Gasteiger partial charge in [0.2, 0.25) is 18.5 Å². The molecule has 1 N–H and O–H groups in total. The third kappa shape index (κ3) is 3.93. The van der Waals surface area contributed by atoms with Crippen LogP contribution in [0.4, 0.5) is 0 Å². The van der Waals surface area contributed by atoms with Gasteiger partial charge in [0, 0.05) is 11.0 Å². The summed E-state index contributed by atoms with van der Waals surface area (Å²) in [7, 11) is 0. The smallest absolute Gasteiger partial charge is 0.244 e. The first kappa shape index (κ1) is 17.1. The van der Waals surface area contributed by atoms with Crippen LogP contribution in [0, 0.1) is 0 Å². The summed E-state index contributed by atoms with van der Waals surface area (Å²) in [6.45, 7) is 0.564. The zero-order valence-electron chi connectivity index (χ0n) is 14.1. The van der Waals surface area contributed by atoms with E-state index in [0.29, 0.717) is 28.7 Å². The number of thiophene rings is 1. The van der Waals surface area contributed by atoms with E-state index in [-0.39, 0.29) is 18.5 Å². The second-order valence-corrected chi connectivity index (χ2v) is 6.90. The van der Waals surface area contributed by atoms with Crippen molar-refractivity contribution in [2.24, 2.45) is 0 Å². The Bertz CT molecular complexity index is 1000. The molecule has 6 nitrogen and oxygen atoms in total. The van der Waals surface area contributed by atoms with Gasteiger partial charge >= 0.3 is 0 Å². The fourth-order valence-electron chi connectivity index (χ4n) is 2.55. The highest BCUT2D eigenvalue weighted by molar-refractivity contribution is 7.14. The zero-order valence-corrected chi connectivity index (χ0v) is 15.0. The van der Waals surface area contributed by atoms with E-state index >= 15 is 0 Å². The molecule has 0 aliphatic carbocycles. The van der Waals surface area contributed by atoms with E-state index in [9.17, 15) is 9.59 Å². The Balaban J connectivity index is 1.32. The molecule has 27 heavy (non-hydrogen) atoms. The van der Waals surface area contributed by atoms with Gasteiger partial charge in [-0.3, -0.25) is 9.59 Å². The summed E-state index contributed by atoms with van der Waals surface area (Å²) >= 11 is 1.33. The van der Waals surface area contributed by atoms with Crippen LogP contribution in [0.15, 0.2) is 59.2 Å². The lowest BCUT2D eigenvalue weighted by molar-refractivity contribution is -0.116. The summed E-state index contributed by atoms with van der Waals surface area (Å²) in [5.74, 6) is 1.29. The lowest BCUT2D eigenvalue weighted by atomic mass is 10.2. The number of furan rings is 1. The number of carbonyl (C=O) groups excluding carboxylic acids is 2. The molecule has 136 valence electrons. The Kier molecular flexibility index (Phi) is 4.76. The number of nitrogens with one attached hydrogen (secondary N) is 1. The van der Waals surface area contributed by atoms with Crippen LogP contribution in [0.5, 0.6) is 11.5 Å². The molecule has 1 aliphatic heterocycles. The van der Waals surface area contributed by atoms with Gasteiger partial charge in [0.15, 0.2) is 17.3 Å². The largest absolute Gasteiger partial charge is 0.461 e. The van der Waals surface area contributed by atoms with Gasteiger partial charge in [0.1, 0.15) is 0 Å². The number of carbonyl (C=O) groups is 2. The molecule has 0 fully saturated rings. The van der Waals surface area contributed by atoms with Crippen LogP contribution >= 0.6 is 11.3 Å². The summed E-state index contributed by atoms with van der Waals surface area (Å²) in [5, 5.41) is 2.80. The molecule has 3 heterocycles. The summed E-state index contributed by atoms with van der Waals surface area (Å²) in [6.07, 6.45) is 4.63. The molecule has 0 atom stereocenters. The van der Waals surface area contributed by atoms with Crippen molar-refractivity contribution in [2.45, 2.75) is 6.54 Å². The lowest BCUT2D eigenvalue weighted by Crippen LogP contribution is -2.19. The number of benzene rings is 1. The van der Waals surface area contributed by atoms with E-state index in [4.69, 9.17) is 13.9 Å². The molecule has 3 aromatic rings. The maximum absolute atomic E-state index is 12.2. The summed E-state index contributed by atoms with van der Waals surface area (Å²) in [6, 6.07) is 12.3. The van der Waals surface area contributed by atoms with Crippen molar-refractivity contribution in [1.82, 2.24) is 5.32 Å². The highest BCUT2D eigenvalue weighted by Gasteiger charge is 2.15. The van der Waals surface area contributed by atoms with Crippen LogP contribution in [0.2, 0.25) is 0 Å². The molecule has 0 saturated carbocycles. The number of ketones is 1. The van der Waals surface area contributed by atoms with Crippen molar-refractivity contribution in [1.29, 1.82) is 0 Å². The second kappa shape index (κ2) is 7.51. The number of amides is 1. The van der Waals surface area contributed by atoms with Crippen molar-refractivity contribution in [2.75, 3.05) is 6.79 Å². The highest BCUT2D eigenvalue weighted by atomic mass is 32.1. The topological polar surface area (TPSA) is 77.8 Å². The monoisotopic (exact) mass is 381 g/mol.